The van der Waals surface area contributed by atoms with Gasteiger partial charge in [-0.2, -0.15) is 0 Å². The molecule has 1 heterocycles. The van der Waals surface area contributed by atoms with Crippen LogP contribution in [0.2, 0.25) is 5.02 Å². The lowest BCUT2D eigenvalue weighted by molar-refractivity contribution is 0.0929. The van der Waals surface area contributed by atoms with Crippen molar-refractivity contribution in [1.29, 1.82) is 0 Å². The Morgan fingerprint density at radius 1 is 1.29 bits per heavy atom. The normalized spacial score (nSPS) is 15.3. The molecule has 0 spiro atoms. The third-order valence-corrected chi connectivity index (χ3v) is 4.00. The smallest absolute Gasteiger partial charge is 0.275 e. The number of carbonyl (C=O) groups is 1. The Kier molecular flexibility index (Phi) is 3.92. The van der Waals surface area contributed by atoms with Crippen LogP contribution in [0.25, 0.3) is 11.3 Å². The summed E-state index contributed by atoms with van der Waals surface area (Å²) >= 11 is 6.17. The monoisotopic (exact) mass is 308 g/mol. The van der Waals surface area contributed by atoms with E-state index in [-0.39, 0.29) is 34.2 Å². The van der Waals surface area contributed by atoms with Gasteiger partial charge in [0.15, 0.2) is 11.5 Å². The maximum atomic E-state index is 12.9. The molecular weight excluding hydrogens is 295 g/mol. The predicted molar refractivity (Wildman–Crippen MR) is 76.6 cm³/mol. The molecule has 0 radical (unpaired) electrons. The van der Waals surface area contributed by atoms with Crippen LogP contribution in [0.15, 0.2) is 28.8 Å². The molecule has 0 bridgehead atoms. The van der Waals surface area contributed by atoms with E-state index in [2.05, 4.69) is 10.5 Å². The number of nitrogens with one attached hydrogen (secondary N) is 1. The Morgan fingerprint density at radius 2 is 1.95 bits per heavy atom. The minimum absolute atomic E-state index is 0.0721. The maximum Gasteiger partial charge on any atom is 0.275 e. The molecule has 4 nitrogen and oxygen atoms in total. The molecule has 0 aliphatic heterocycles. The summed E-state index contributed by atoms with van der Waals surface area (Å²) in [5.41, 5.74) is 0.650. The van der Waals surface area contributed by atoms with E-state index in [4.69, 9.17) is 16.1 Å². The van der Waals surface area contributed by atoms with Gasteiger partial charge in [-0.1, -0.05) is 29.6 Å². The number of benzene rings is 1. The Hall–Kier alpha value is -1.88. The molecule has 0 atom stereocenters. The molecule has 110 valence electrons. The van der Waals surface area contributed by atoms with E-state index in [0.29, 0.717) is 5.56 Å². The van der Waals surface area contributed by atoms with Crippen LogP contribution in [0.3, 0.4) is 0 Å². The highest BCUT2D eigenvalue weighted by Crippen LogP contribution is 2.31. The predicted octanol–water partition coefficient (Wildman–Crippen LogP) is 3.81. The summed E-state index contributed by atoms with van der Waals surface area (Å²) in [6.45, 7) is 0. The molecule has 1 aliphatic carbocycles. The molecule has 1 N–H and O–H groups in total. The van der Waals surface area contributed by atoms with Crippen LogP contribution in [-0.2, 0) is 0 Å². The Bertz CT molecular complexity index is 648. The Morgan fingerprint density at radius 3 is 2.62 bits per heavy atom. The molecule has 0 unspecified atom stereocenters. The lowest BCUT2D eigenvalue weighted by Crippen LogP contribution is -2.32. The number of halogens is 2. The van der Waals surface area contributed by atoms with Gasteiger partial charge in [-0.15, -0.1) is 0 Å². The molecule has 3 rings (SSSR count). The standard InChI is InChI=1S/C15H14ClFN2O2/c16-12-13(15(20)18-11-3-1-2-4-11)19-21-14(12)9-5-7-10(17)8-6-9/h5-8,11H,1-4H2,(H,18,20). The molecule has 2 aromatic rings. The fourth-order valence-corrected chi connectivity index (χ4v) is 2.79. The maximum absolute atomic E-state index is 12.9. The zero-order chi connectivity index (χ0) is 14.8. The first-order valence-electron chi connectivity index (χ1n) is 6.87. The lowest BCUT2D eigenvalue weighted by Gasteiger charge is -2.09. The summed E-state index contributed by atoms with van der Waals surface area (Å²) in [5.74, 6) is -0.411. The van der Waals surface area contributed by atoms with Crippen molar-refractivity contribution in [3.8, 4) is 11.3 Å². The first-order valence-corrected chi connectivity index (χ1v) is 7.25. The summed E-state index contributed by atoms with van der Waals surface area (Å²) in [4.78, 5) is 12.1. The van der Waals surface area contributed by atoms with Gasteiger partial charge in [0.05, 0.1) is 0 Å². The fraction of sp³-hybridized carbons (Fsp3) is 0.333. The van der Waals surface area contributed by atoms with Crippen LogP contribution in [0.1, 0.15) is 36.2 Å². The average molecular weight is 309 g/mol. The van der Waals surface area contributed by atoms with Crippen molar-refractivity contribution < 1.29 is 13.7 Å². The number of aromatic nitrogens is 1. The average Bonchev–Trinajstić information content (AvgIpc) is 3.09. The van der Waals surface area contributed by atoms with E-state index in [0.717, 1.165) is 25.7 Å². The number of rotatable bonds is 3. The molecule has 1 aromatic heterocycles. The third-order valence-electron chi connectivity index (χ3n) is 3.65. The minimum atomic E-state index is -0.353. The van der Waals surface area contributed by atoms with Crippen LogP contribution in [0.5, 0.6) is 0 Å². The van der Waals surface area contributed by atoms with Crippen molar-refractivity contribution in [1.82, 2.24) is 10.5 Å². The van der Waals surface area contributed by atoms with E-state index in [1.165, 1.54) is 24.3 Å². The Balaban J connectivity index is 1.81. The van der Waals surface area contributed by atoms with Crippen molar-refractivity contribution in [3.05, 3.63) is 40.8 Å². The van der Waals surface area contributed by atoms with Crippen LogP contribution in [-0.4, -0.2) is 17.1 Å². The first-order chi connectivity index (χ1) is 10.1. The van der Waals surface area contributed by atoms with E-state index < -0.39 is 0 Å². The van der Waals surface area contributed by atoms with Gasteiger partial charge in [-0.25, -0.2) is 4.39 Å². The molecular formula is C15H14ClFN2O2. The van der Waals surface area contributed by atoms with Gasteiger partial charge >= 0.3 is 0 Å². The summed E-state index contributed by atoms with van der Waals surface area (Å²) in [5, 5.41) is 6.80. The highest BCUT2D eigenvalue weighted by molar-refractivity contribution is 6.35. The summed E-state index contributed by atoms with van der Waals surface area (Å²) in [6.07, 6.45) is 4.20. The van der Waals surface area contributed by atoms with Crippen molar-refractivity contribution >= 4 is 17.5 Å². The molecule has 6 heteroatoms. The molecule has 0 saturated heterocycles. The van der Waals surface area contributed by atoms with E-state index in [9.17, 15) is 9.18 Å². The second-order valence-electron chi connectivity index (χ2n) is 5.14. The van der Waals surface area contributed by atoms with Crippen molar-refractivity contribution in [2.75, 3.05) is 0 Å². The quantitative estimate of drug-likeness (QED) is 0.938. The number of hydrogen-bond donors (Lipinski definition) is 1. The molecule has 1 amide bonds. The zero-order valence-electron chi connectivity index (χ0n) is 11.2. The second-order valence-corrected chi connectivity index (χ2v) is 5.51. The van der Waals surface area contributed by atoms with Crippen LogP contribution in [0.4, 0.5) is 4.39 Å². The van der Waals surface area contributed by atoms with E-state index in [1.807, 2.05) is 0 Å². The number of carbonyl (C=O) groups excluding carboxylic acids is 1. The van der Waals surface area contributed by atoms with E-state index in [1.54, 1.807) is 0 Å². The topological polar surface area (TPSA) is 55.1 Å². The van der Waals surface area contributed by atoms with Crippen LogP contribution < -0.4 is 5.32 Å². The number of nitrogens with zero attached hydrogens (tertiary/aromatic N) is 1. The van der Waals surface area contributed by atoms with Gasteiger partial charge in [-0.3, -0.25) is 4.79 Å². The highest BCUT2D eigenvalue weighted by atomic mass is 35.5. The molecule has 21 heavy (non-hydrogen) atoms. The molecule has 1 fully saturated rings. The van der Waals surface area contributed by atoms with Gasteiger partial charge in [-0.05, 0) is 37.1 Å². The number of hydrogen-bond acceptors (Lipinski definition) is 3. The summed E-state index contributed by atoms with van der Waals surface area (Å²) < 4.78 is 18.1. The molecule has 1 aromatic carbocycles. The van der Waals surface area contributed by atoms with Gasteiger partial charge in [0.1, 0.15) is 10.8 Å². The van der Waals surface area contributed by atoms with Crippen molar-refractivity contribution in [3.63, 3.8) is 0 Å². The van der Waals surface area contributed by atoms with Crippen molar-refractivity contribution in [2.24, 2.45) is 0 Å². The van der Waals surface area contributed by atoms with Gasteiger partial charge in [0.2, 0.25) is 0 Å². The SMILES string of the molecule is O=C(NC1CCCC1)c1noc(-c2ccc(F)cc2)c1Cl. The van der Waals surface area contributed by atoms with Gasteiger partial charge in [0.25, 0.3) is 5.91 Å². The van der Waals surface area contributed by atoms with Crippen LogP contribution in [0, 0.1) is 5.82 Å². The van der Waals surface area contributed by atoms with E-state index >= 15 is 0 Å². The second kappa shape index (κ2) is 5.85. The Labute approximate surface area is 126 Å². The minimum Gasteiger partial charge on any atom is -0.354 e. The van der Waals surface area contributed by atoms with Gasteiger partial charge in [0, 0.05) is 11.6 Å². The van der Waals surface area contributed by atoms with Crippen molar-refractivity contribution in [2.45, 2.75) is 31.7 Å². The fourth-order valence-electron chi connectivity index (χ4n) is 2.52. The van der Waals surface area contributed by atoms with Gasteiger partial charge < -0.3 is 9.84 Å². The van der Waals surface area contributed by atoms with Crippen LogP contribution >= 0.6 is 11.6 Å². The first kappa shape index (κ1) is 14.1. The molecule has 1 aliphatic rings. The lowest BCUT2D eigenvalue weighted by atomic mass is 10.1. The summed E-state index contributed by atoms with van der Waals surface area (Å²) in [6, 6.07) is 5.83. The number of amides is 1. The third kappa shape index (κ3) is 2.93. The highest BCUT2D eigenvalue weighted by Gasteiger charge is 2.24. The summed E-state index contributed by atoms with van der Waals surface area (Å²) in [7, 11) is 0. The molecule has 1 saturated carbocycles. The zero-order valence-corrected chi connectivity index (χ0v) is 12.0. The largest absolute Gasteiger partial charge is 0.354 e.